The van der Waals surface area contributed by atoms with Crippen molar-refractivity contribution in [3.63, 3.8) is 0 Å². The molecule has 0 aliphatic heterocycles. The lowest BCUT2D eigenvalue weighted by atomic mass is 10.1. The van der Waals surface area contributed by atoms with Crippen LogP contribution in [0, 0.1) is 0 Å². The summed E-state index contributed by atoms with van der Waals surface area (Å²) in [7, 11) is 5.46. The number of carbonyl (C=O) groups is 2. The summed E-state index contributed by atoms with van der Waals surface area (Å²) in [4.78, 5) is 35.9. The van der Waals surface area contributed by atoms with Gasteiger partial charge in [-0.15, -0.1) is 0 Å². The smallest absolute Gasteiger partial charge is 0.258 e. The third-order valence-corrected chi connectivity index (χ3v) is 5.02. The fourth-order valence-corrected chi connectivity index (χ4v) is 3.37. The zero-order chi connectivity index (χ0) is 21.7. The van der Waals surface area contributed by atoms with Crippen LogP contribution in [0.4, 0.5) is 11.5 Å². The van der Waals surface area contributed by atoms with Gasteiger partial charge < -0.3 is 14.6 Å². The average molecular weight is 423 g/mol. The van der Waals surface area contributed by atoms with E-state index in [1.165, 1.54) is 0 Å². The van der Waals surface area contributed by atoms with Gasteiger partial charge in [-0.25, -0.2) is 9.97 Å². The number of aromatic nitrogens is 2. The summed E-state index contributed by atoms with van der Waals surface area (Å²) in [6, 6.07) is 16.8. The minimum absolute atomic E-state index is 0.0696. The first-order chi connectivity index (χ1) is 14.4. The molecule has 0 aliphatic rings. The van der Waals surface area contributed by atoms with Gasteiger partial charge in [-0.1, -0.05) is 41.9 Å². The molecule has 1 heterocycles. The summed E-state index contributed by atoms with van der Waals surface area (Å²) in [6.07, 6.45) is 1.45. The van der Waals surface area contributed by atoms with Gasteiger partial charge in [-0.2, -0.15) is 0 Å². The lowest BCUT2D eigenvalue weighted by Crippen LogP contribution is -2.26. The average Bonchev–Trinajstić information content (AvgIpc) is 2.75. The van der Waals surface area contributed by atoms with Crippen LogP contribution in [0.5, 0.6) is 0 Å². The van der Waals surface area contributed by atoms with Crippen molar-refractivity contribution in [1.29, 1.82) is 0 Å². The molecule has 0 aliphatic carbocycles. The van der Waals surface area contributed by atoms with Gasteiger partial charge in [0.05, 0.1) is 0 Å². The van der Waals surface area contributed by atoms with Crippen molar-refractivity contribution in [3.05, 3.63) is 82.3 Å². The van der Waals surface area contributed by atoms with E-state index in [1.54, 1.807) is 24.1 Å². The zero-order valence-electron chi connectivity index (χ0n) is 17.2. The molecule has 6 nitrogen and oxygen atoms in total. The Morgan fingerprint density at radius 1 is 1.00 bits per heavy atom. The molecule has 0 saturated carbocycles. The SMILES string of the molecule is CN(C)c1nc(Cc2ccc(N(C)C(=O)c3ccccc3)cc2)nc(Cl)c1CC=O. The highest BCUT2D eigenvalue weighted by Gasteiger charge is 2.16. The molecule has 0 unspecified atom stereocenters. The normalized spacial score (nSPS) is 10.5. The van der Waals surface area contributed by atoms with E-state index in [1.807, 2.05) is 61.5 Å². The number of nitrogens with zero attached hydrogens (tertiary/aromatic N) is 4. The summed E-state index contributed by atoms with van der Waals surface area (Å²) < 4.78 is 0. The third kappa shape index (κ3) is 4.83. The Morgan fingerprint density at radius 2 is 1.67 bits per heavy atom. The number of hydrogen-bond donors (Lipinski definition) is 0. The third-order valence-electron chi connectivity index (χ3n) is 4.70. The highest BCUT2D eigenvalue weighted by molar-refractivity contribution is 6.30. The molecule has 154 valence electrons. The van der Waals surface area contributed by atoms with Gasteiger partial charge in [0.2, 0.25) is 0 Å². The van der Waals surface area contributed by atoms with Crippen LogP contribution in [0.3, 0.4) is 0 Å². The molecule has 2 aromatic carbocycles. The summed E-state index contributed by atoms with van der Waals surface area (Å²) >= 11 is 6.30. The Morgan fingerprint density at radius 3 is 2.27 bits per heavy atom. The summed E-state index contributed by atoms with van der Waals surface area (Å²) in [6.45, 7) is 0. The molecule has 1 aromatic heterocycles. The molecule has 3 aromatic rings. The van der Waals surface area contributed by atoms with Crippen molar-refractivity contribution < 1.29 is 9.59 Å². The Kier molecular flexibility index (Phi) is 6.79. The molecule has 7 heteroatoms. The molecule has 1 amide bonds. The van der Waals surface area contributed by atoms with Crippen LogP contribution < -0.4 is 9.80 Å². The predicted molar refractivity (Wildman–Crippen MR) is 120 cm³/mol. The largest absolute Gasteiger partial charge is 0.362 e. The van der Waals surface area contributed by atoms with Gasteiger partial charge in [0.1, 0.15) is 23.1 Å². The van der Waals surface area contributed by atoms with E-state index >= 15 is 0 Å². The van der Waals surface area contributed by atoms with Crippen LogP contribution in [0.2, 0.25) is 5.15 Å². The molecular weight excluding hydrogens is 400 g/mol. The Balaban J connectivity index is 1.79. The standard InChI is InChI=1S/C23H23ClN4O2/c1-27(2)22-19(13-14-29)21(24)25-20(26-22)15-16-9-11-18(12-10-16)28(3)23(30)17-7-5-4-6-8-17/h4-12,14H,13,15H2,1-3H3. The molecule has 0 spiro atoms. The molecule has 0 fully saturated rings. The number of hydrogen-bond acceptors (Lipinski definition) is 5. The zero-order valence-corrected chi connectivity index (χ0v) is 17.9. The van der Waals surface area contributed by atoms with E-state index in [4.69, 9.17) is 11.6 Å². The highest BCUT2D eigenvalue weighted by atomic mass is 35.5. The molecule has 30 heavy (non-hydrogen) atoms. The fraction of sp³-hybridized carbons (Fsp3) is 0.217. The molecular formula is C23H23ClN4O2. The van der Waals surface area contributed by atoms with Gasteiger partial charge in [-0.3, -0.25) is 4.79 Å². The van der Waals surface area contributed by atoms with Crippen LogP contribution in [0.15, 0.2) is 54.6 Å². The maximum Gasteiger partial charge on any atom is 0.258 e. The quantitative estimate of drug-likeness (QED) is 0.428. The minimum Gasteiger partial charge on any atom is -0.362 e. The van der Waals surface area contributed by atoms with Crippen LogP contribution in [-0.2, 0) is 17.6 Å². The second kappa shape index (κ2) is 9.50. The monoisotopic (exact) mass is 422 g/mol. The van der Waals surface area contributed by atoms with Crippen LogP contribution >= 0.6 is 11.6 Å². The number of rotatable bonds is 7. The maximum absolute atomic E-state index is 12.6. The Hall–Kier alpha value is -3.25. The van der Waals surface area contributed by atoms with Crippen molar-refractivity contribution in [1.82, 2.24) is 9.97 Å². The second-order valence-electron chi connectivity index (χ2n) is 7.07. The lowest BCUT2D eigenvalue weighted by Gasteiger charge is -2.18. The summed E-state index contributed by atoms with van der Waals surface area (Å²) in [5.41, 5.74) is 3.04. The first-order valence-corrected chi connectivity index (χ1v) is 9.86. The number of carbonyl (C=O) groups excluding carboxylic acids is 2. The van der Waals surface area contributed by atoms with E-state index in [-0.39, 0.29) is 12.3 Å². The minimum atomic E-state index is -0.0696. The Labute approximate surface area is 181 Å². The van der Waals surface area contributed by atoms with Crippen molar-refractivity contribution in [2.75, 3.05) is 30.9 Å². The first kappa shape index (κ1) is 21.5. The lowest BCUT2D eigenvalue weighted by molar-refractivity contribution is -0.107. The maximum atomic E-state index is 12.6. The molecule has 0 saturated heterocycles. The number of amides is 1. The number of halogens is 1. The van der Waals surface area contributed by atoms with E-state index in [0.717, 1.165) is 17.5 Å². The van der Waals surface area contributed by atoms with Crippen molar-refractivity contribution in [2.45, 2.75) is 12.8 Å². The predicted octanol–water partition coefficient (Wildman–Crippen LogP) is 3.80. The first-order valence-electron chi connectivity index (χ1n) is 9.49. The highest BCUT2D eigenvalue weighted by Crippen LogP contribution is 2.25. The van der Waals surface area contributed by atoms with E-state index in [0.29, 0.717) is 34.3 Å². The fourth-order valence-electron chi connectivity index (χ4n) is 3.11. The van der Waals surface area contributed by atoms with E-state index in [2.05, 4.69) is 9.97 Å². The van der Waals surface area contributed by atoms with Gasteiger partial charge in [0, 0.05) is 50.8 Å². The molecule has 0 radical (unpaired) electrons. The Bertz CT molecular complexity index is 1040. The second-order valence-corrected chi connectivity index (χ2v) is 7.43. The van der Waals surface area contributed by atoms with Crippen molar-refractivity contribution in [2.24, 2.45) is 0 Å². The van der Waals surface area contributed by atoms with E-state index < -0.39 is 0 Å². The van der Waals surface area contributed by atoms with Gasteiger partial charge >= 0.3 is 0 Å². The van der Waals surface area contributed by atoms with E-state index in [9.17, 15) is 9.59 Å². The number of benzene rings is 2. The van der Waals surface area contributed by atoms with Crippen molar-refractivity contribution >= 4 is 35.3 Å². The topological polar surface area (TPSA) is 66.4 Å². The van der Waals surface area contributed by atoms with Crippen molar-refractivity contribution in [3.8, 4) is 0 Å². The van der Waals surface area contributed by atoms with Gasteiger partial charge in [0.15, 0.2) is 0 Å². The molecule has 0 atom stereocenters. The van der Waals surface area contributed by atoms with Crippen LogP contribution in [-0.4, -0.2) is 43.3 Å². The number of anilines is 2. The molecule has 0 bridgehead atoms. The summed E-state index contributed by atoms with van der Waals surface area (Å²) in [5, 5.41) is 0.292. The van der Waals surface area contributed by atoms with Gasteiger partial charge in [0.25, 0.3) is 5.91 Å². The molecule has 3 rings (SSSR count). The summed E-state index contributed by atoms with van der Waals surface area (Å²) in [5.74, 6) is 1.14. The molecule has 0 N–H and O–H groups in total. The van der Waals surface area contributed by atoms with Crippen LogP contribution in [0.1, 0.15) is 27.3 Å². The number of aldehydes is 1. The van der Waals surface area contributed by atoms with Gasteiger partial charge in [-0.05, 0) is 29.8 Å². The van der Waals surface area contributed by atoms with Crippen LogP contribution in [0.25, 0.3) is 0 Å².